The van der Waals surface area contributed by atoms with Gasteiger partial charge in [-0.05, 0) is 23.2 Å². The van der Waals surface area contributed by atoms with Gasteiger partial charge in [0.1, 0.15) is 0 Å². The van der Waals surface area contributed by atoms with E-state index in [-0.39, 0.29) is 0 Å². The Morgan fingerprint density at radius 3 is 2.83 bits per heavy atom. The van der Waals surface area contributed by atoms with Gasteiger partial charge in [-0.1, -0.05) is 39.0 Å². The molecule has 1 aliphatic carbocycles. The van der Waals surface area contributed by atoms with Crippen molar-refractivity contribution in [3.63, 3.8) is 0 Å². The van der Waals surface area contributed by atoms with Crippen LogP contribution in [0.2, 0.25) is 0 Å². The van der Waals surface area contributed by atoms with E-state index in [0.29, 0.717) is 0 Å². The fourth-order valence-electron chi connectivity index (χ4n) is 1.14. The Labute approximate surface area is 80.1 Å². The Balaban J connectivity index is 2.30. The molecule has 1 unspecified atom stereocenters. The van der Waals surface area contributed by atoms with E-state index in [2.05, 4.69) is 39.0 Å². The number of hydrogen-bond donors (Lipinski definition) is 0. The maximum absolute atomic E-state index is 2.38. The molecule has 0 spiro atoms. The zero-order valence-corrected chi connectivity index (χ0v) is 9.03. The molecule has 1 atom stereocenters. The Kier molecular flexibility index (Phi) is 3.93. The predicted molar refractivity (Wildman–Crippen MR) is 58.6 cm³/mol. The van der Waals surface area contributed by atoms with E-state index in [1.165, 1.54) is 17.7 Å². The second-order valence-corrected chi connectivity index (χ2v) is 5.28. The van der Waals surface area contributed by atoms with Crippen molar-refractivity contribution in [1.29, 1.82) is 0 Å². The predicted octanol–water partition coefficient (Wildman–Crippen LogP) is 3.65. The van der Waals surface area contributed by atoms with Crippen molar-refractivity contribution >= 4 is 11.8 Å². The lowest BCUT2D eigenvalue weighted by Crippen LogP contribution is -1.98. The first kappa shape index (κ1) is 9.91. The summed E-state index contributed by atoms with van der Waals surface area (Å²) in [5.41, 5.74) is 1.51. The second kappa shape index (κ2) is 4.76. The van der Waals surface area contributed by atoms with Gasteiger partial charge in [-0.2, -0.15) is 11.8 Å². The van der Waals surface area contributed by atoms with E-state index < -0.39 is 0 Å². The standard InChI is InChI=1S/C11H18S/c1-9(2)12-8-11-6-4-10(3)5-7-11/h4,6-7,9-10H,5,8H2,1-3H3. The maximum atomic E-state index is 2.38. The summed E-state index contributed by atoms with van der Waals surface area (Å²) in [6.07, 6.45) is 8.20. The van der Waals surface area contributed by atoms with E-state index in [1.807, 2.05) is 11.8 Å². The van der Waals surface area contributed by atoms with Crippen LogP contribution in [-0.2, 0) is 0 Å². The molecular weight excluding hydrogens is 164 g/mol. The van der Waals surface area contributed by atoms with Crippen LogP contribution >= 0.6 is 11.8 Å². The highest BCUT2D eigenvalue weighted by Crippen LogP contribution is 2.20. The van der Waals surface area contributed by atoms with Crippen LogP contribution in [0.1, 0.15) is 27.2 Å². The van der Waals surface area contributed by atoms with Crippen LogP contribution in [0.4, 0.5) is 0 Å². The molecule has 0 fully saturated rings. The summed E-state index contributed by atoms with van der Waals surface area (Å²) in [6, 6.07) is 0. The molecule has 0 heterocycles. The van der Waals surface area contributed by atoms with Crippen LogP contribution in [0.3, 0.4) is 0 Å². The molecule has 0 aromatic carbocycles. The van der Waals surface area contributed by atoms with E-state index in [4.69, 9.17) is 0 Å². The highest BCUT2D eigenvalue weighted by atomic mass is 32.2. The highest BCUT2D eigenvalue weighted by molar-refractivity contribution is 8.00. The highest BCUT2D eigenvalue weighted by Gasteiger charge is 2.03. The van der Waals surface area contributed by atoms with Crippen molar-refractivity contribution in [3.05, 3.63) is 23.8 Å². The maximum Gasteiger partial charge on any atom is 0.0183 e. The molecule has 0 aromatic rings. The summed E-state index contributed by atoms with van der Waals surface area (Å²) in [5.74, 6) is 1.93. The second-order valence-electron chi connectivity index (χ2n) is 3.71. The van der Waals surface area contributed by atoms with Gasteiger partial charge < -0.3 is 0 Å². The minimum absolute atomic E-state index is 0.748. The summed E-state index contributed by atoms with van der Waals surface area (Å²) in [6.45, 7) is 6.76. The van der Waals surface area contributed by atoms with Gasteiger partial charge in [0.15, 0.2) is 0 Å². The minimum atomic E-state index is 0.748. The van der Waals surface area contributed by atoms with Crippen LogP contribution in [0.5, 0.6) is 0 Å². The van der Waals surface area contributed by atoms with Crippen molar-refractivity contribution in [2.75, 3.05) is 5.75 Å². The molecule has 0 aromatic heterocycles. The van der Waals surface area contributed by atoms with Crippen molar-refractivity contribution in [2.24, 2.45) is 5.92 Å². The molecule has 0 bridgehead atoms. The lowest BCUT2D eigenvalue weighted by atomic mass is 10.00. The molecule has 1 rings (SSSR count). The fourth-order valence-corrected chi connectivity index (χ4v) is 1.88. The van der Waals surface area contributed by atoms with Gasteiger partial charge in [-0.25, -0.2) is 0 Å². The van der Waals surface area contributed by atoms with Crippen molar-refractivity contribution in [2.45, 2.75) is 32.4 Å². The largest absolute Gasteiger partial charge is 0.154 e. The van der Waals surface area contributed by atoms with Crippen molar-refractivity contribution in [1.82, 2.24) is 0 Å². The zero-order chi connectivity index (χ0) is 8.97. The van der Waals surface area contributed by atoms with Gasteiger partial charge in [0.25, 0.3) is 0 Å². The smallest absolute Gasteiger partial charge is 0.0183 e. The monoisotopic (exact) mass is 182 g/mol. The summed E-state index contributed by atoms with van der Waals surface area (Å²) in [5, 5.41) is 0.749. The number of thioether (sulfide) groups is 1. The van der Waals surface area contributed by atoms with Crippen LogP contribution in [-0.4, -0.2) is 11.0 Å². The summed E-state index contributed by atoms with van der Waals surface area (Å²) in [7, 11) is 0. The van der Waals surface area contributed by atoms with Crippen LogP contribution in [0.15, 0.2) is 23.8 Å². The third-order valence-corrected chi connectivity index (χ3v) is 3.14. The Bertz CT molecular complexity index is 189. The molecule has 0 saturated heterocycles. The Morgan fingerprint density at radius 1 is 1.58 bits per heavy atom. The van der Waals surface area contributed by atoms with E-state index in [1.54, 1.807) is 0 Å². The van der Waals surface area contributed by atoms with Crippen LogP contribution in [0.25, 0.3) is 0 Å². The minimum Gasteiger partial charge on any atom is -0.154 e. The third-order valence-electron chi connectivity index (χ3n) is 1.97. The normalized spacial score (nSPS) is 23.0. The average Bonchev–Trinajstić information content (AvgIpc) is 2.03. The number of rotatable bonds is 3. The first-order valence-corrected chi connectivity index (χ1v) is 5.72. The zero-order valence-electron chi connectivity index (χ0n) is 8.21. The van der Waals surface area contributed by atoms with Crippen molar-refractivity contribution in [3.8, 4) is 0 Å². The van der Waals surface area contributed by atoms with Gasteiger partial charge in [0.05, 0.1) is 0 Å². The van der Waals surface area contributed by atoms with Gasteiger partial charge in [-0.15, -0.1) is 0 Å². The third kappa shape index (κ3) is 3.48. The molecule has 0 nitrogen and oxygen atoms in total. The van der Waals surface area contributed by atoms with Crippen LogP contribution in [0, 0.1) is 5.92 Å². The average molecular weight is 182 g/mol. The quantitative estimate of drug-likeness (QED) is 0.642. The van der Waals surface area contributed by atoms with Crippen LogP contribution < -0.4 is 0 Å². The fraction of sp³-hybridized carbons (Fsp3) is 0.636. The molecule has 0 saturated carbocycles. The number of hydrogen-bond acceptors (Lipinski definition) is 1. The van der Waals surface area contributed by atoms with E-state index >= 15 is 0 Å². The first-order valence-electron chi connectivity index (χ1n) is 4.67. The molecule has 12 heavy (non-hydrogen) atoms. The Morgan fingerprint density at radius 2 is 2.33 bits per heavy atom. The molecule has 1 heteroatoms. The molecule has 0 aliphatic heterocycles. The molecule has 68 valence electrons. The summed E-state index contributed by atoms with van der Waals surface area (Å²) < 4.78 is 0. The van der Waals surface area contributed by atoms with Gasteiger partial charge in [-0.3, -0.25) is 0 Å². The van der Waals surface area contributed by atoms with Crippen molar-refractivity contribution < 1.29 is 0 Å². The lowest BCUT2D eigenvalue weighted by Gasteiger charge is -2.12. The van der Waals surface area contributed by atoms with E-state index in [9.17, 15) is 0 Å². The Hall–Kier alpha value is -0.170. The number of allylic oxidation sites excluding steroid dienone is 3. The molecular formula is C11H18S. The topological polar surface area (TPSA) is 0 Å². The molecule has 0 N–H and O–H groups in total. The van der Waals surface area contributed by atoms with E-state index in [0.717, 1.165) is 11.2 Å². The van der Waals surface area contributed by atoms with Gasteiger partial charge >= 0.3 is 0 Å². The molecule has 0 radical (unpaired) electrons. The van der Waals surface area contributed by atoms with Gasteiger partial charge in [0, 0.05) is 5.75 Å². The van der Waals surface area contributed by atoms with Gasteiger partial charge in [0.2, 0.25) is 0 Å². The summed E-state index contributed by atoms with van der Waals surface area (Å²) in [4.78, 5) is 0. The first-order chi connectivity index (χ1) is 5.68. The molecule has 1 aliphatic rings. The summed E-state index contributed by atoms with van der Waals surface area (Å²) >= 11 is 2.02. The molecule has 0 amide bonds. The lowest BCUT2D eigenvalue weighted by molar-refractivity contribution is 0.731. The SMILES string of the molecule is CC1C=CC(CSC(C)C)=CC1.